The van der Waals surface area contributed by atoms with E-state index in [1.54, 1.807) is 16.7 Å². The van der Waals surface area contributed by atoms with E-state index in [0.717, 1.165) is 15.6 Å². The number of carbonyl (C=O) groups is 1. The van der Waals surface area contributed by atoms with Gasteiger partial charge in [0.25, 0.3) is 5.91 Å². The fourth-order valence-electron chi connectivity index (χ4n) is 2.66. The van der Waals surface area contributed by atoms with E-state index >= 15 is 0 Å². The Morgan fingerprint density at radius 1 is 0.963 bits per heavy atom. The maximum atomic E-state index is 12.8. The molecule has 0 N–H and O–H groups in total. The Labute approximate surface area is 170 Å². The van der Waals surface area contributed by atoms with Gasteiger partial charge >= 0.3 is 0 Å². The van der Waals surface area contributed by atoms with Gasteiger partial charge in [0.15, 0.2) is 5.17 Å². The molecule has 1 fully saturated rings. The average molecular weight is 397 g/mol. The normalized spacial score (nSPS) is 17.7. The van der Waals surface area contributed by atoms with Crippen LogP contribution in [0.5, 0.6) is 0 Å². The fourth-order valence-corrected chi connectivity index (χ4v) is 4.73. The van der Waals surface area contributed by atoms with Gasteiger partial charge in [0.05, 0.1) is 4.91 Å². The molecular weight excluding hydrogens is 372 g/mol. The minimum absolute atomic E-state index is 0.0390. The van der Waals surface area contributed by atoms with Crippen molar-refractivity contribution in [2.45, 2.75) is 49.6 Å². The van der Waals surface area contributed by atoms with E-state index < -0.39 is 0 Å². The van der Waals surface area contributed by atoms with Crippen LogP contribution in [0.25, 0.3) is 6.08 Å². The highest BCUT2D eigenvalue weighted by atomic mass is 32.2. The van der Waals surface area contributed by atoms with Crippen LogP contribution in [0.1, 0.15) is 33.3 Å². The Morgan fingerprint density at radius 2 is 1.59 bits per heavy atom. The van der Waals surface area contributed by atoms with Crippen molar-refractivity contribution in [3.63, 3.8) is 0 Å². The van der Waals surface area contributed by atoms with Gasteiger partial charge in [-0.15, -0.1) is 0 Å². The molecule has 0 spiro atoms. The van der Waals surface area contributed by atoms with Crippen molar-refractivity contribution in [3.8, 4) is 0 Å². The zero-order valence-corrected chi connectivity index (χ0v) is 17.7. The molecule has 0 bridgehead atoms. The minimum atomic E-state index is 0.0390. The highest BCUT2D eigenvalue weighted by molar-refractivity contribution is 8.18. The number of hydrogen-bond donors (Lipinski definition) is 0. The summed E-state index contributed by atoms with van der Waals surface area (Å²) >= 11 is 3.20. The fraction of sp³-hybridized carbons (Fsp3) is 0.273. The number of nitrogens with zero attached hydrogens (tertiary/aromatic N) is 2. The summed E-state index contributed by atoms with van der Waals surface area (Å²) in [5.41, 5.74) is 1.03. The molecule has 0 aromatic heterocycles. The van der Waals surface area contributed by atoms with Crippen LogP contribution >= 0.6 is 23.5 Å². The van der Waals surface area contributed by atoms with Gasteiger partial charge in [0, 0.05) is 21.9 Å². The summed E-state index contributed by atoms with van der Waals surface area (Å²) in [6.07, 6.45) is 1.96. The topological polar surface area (TPSA) is 32.7 Å². The number of thioether (sulfide) groups is 1. The molecule has 3 nitrogen and oxygen atoms in total. The molecule has 0 saturated carbocycles. The third-order valence-electron chi connectivity index (χ3n) is 3.88. The Balaban J connectivity index is 1.79. The van der Waals surface area contributed by atoms with Gasteiger partial charge in [-0.1, -0.05) is 42.1 Å². The first-order valence-corrected chi connectivity index (χ1v) is 10.7. The highest BCUT2D eigenvalue weighted by Crippen LogP contribution is 2.35. The minimum Gasteiger partial charge on any atom is -0.284 e. The molecular formula is C22H24N2OS2. The van der Waals surface area contributed by atoms with Crippen LogP contribution in [0.15, 0.2) is 74.3 Å². The molecule has 2 aromatic rings. The maximum Gasteiger partial charge on any atom is 0.266 e. The Morgan fingerprint density at radius 3 is 2.19 bits per heavy atom. The van der Waals surface area contributed by atoms with E-state index in [9.17, 15) is 4.79 Å². The van der Waals surface area contributed by atoms with E-state index in [-0.39, 0.29) is 18.0 Å². The molecule has 2 aromatic carbocycles. The van der Waals surface area contributed by atoms with E-state index in [1.165, 1.54) is 21.6 Å². The van der Waals surface area contributed by atoms with Crippen LogP contribution in [0, 0.1) is 0 Å². The molecule has 0 atom stereocenters. The Hall–Kier alpha value is -1.98. The Kier molecular flexibility index (Phi) is 6.45. The number of aliphatic imine (C=N–C) groups is 1. The predicted molar refractivity (Wildman–Crippen MR) is 117 cm³/mol. The largest absolute Gasteiger partial charge is 0.284 e. The first kappa shape index (κ1) is 19.8. The number of rotatable bonds is 5. The monoisotopic (exact) mass is 396 g/mol. The van der Waals surface area contributed by atoms with Crippen LogP contribution in [-0.4, -0.2) is 28.1 Å². The van der Waals surface area contributed by atoms with Gasteiger partial charge in [-0.25, -0.2) is 0 Å². The zero-order valence-electron chi connectivity index (χ0n) is 16.0. The average Bonchev–Trinajstić information content (AvgIpc) is 2.92. The lowest BCUT2D eigenvalue weighted by atomic mass is 10.2. The summed E-state index contributed by atoms with van der Waals surface area (Å²) < 4.78 is 0. The van der Waals surface area contributed by atoms with Gasteiger partial charge < -0.3 is 0 Å². The lowest BCUT2D eigenvalue weighted by Crippen LogP contribution is -2.35. The molecule has 0 unspecified atom stereocenters. The summed E-state index contributed by atoms with van der Waals surface area (Å²) in [7, 11) is 0. The van der Waals surface area contributed by atoms with Crippen LogP contribution in [-0.2, 0) is 4.79 Å². The summed E-state index contributed by atoms with van der Waals surface area (Å²) in [5, 5.41) is 0.799. The third-order valence-corrected chi connectivity index (χ3v) is 5.89. The van der Waals surface area contributed by atoms with Crippen molar-refractivity contribution >= 4 is 40.7 Å². The second-order valence-electron chi connectivity index (χ2n) is 6.87. The molecule has 1 aliphatic heterocycles. The molecule has 1 heterocycles. The van der Waals surface area contributed by atoms with Crippen molar-refractivity contribution in [3.05, 3.63) is 65.1 Å². The second kappa shape index (κ2) is 8.81. The lowest BCUT2D eigenvalue weighted by Gasteiger charge is -2.20. The van der Waals surface area contributed by atoms with Crippen LogP contribution < -0.4 is 0 Å². The van der Waals surface area contributed by atoms with Crippen molar-refractivity contribution in [2.75, 3.05) is 0 Å². The quantitative estimate of drug-likeness (QED) is 0.588. The third kappa shape index (κ3) is 5.05. The van der Waals surface area contributed by atoms with Gasteiger partial charge in [-0.05, 0) is 75.4 Å². The zero-order chi connectivity index (χ0) is 19.4. The summed E-state index contributed by atoms with van der Waals surface area (Å²) in [6.45, 7) is 8.10. The van der Waals surface area contributed by atoms with Crippen molar-refractivity contribution in [2.24, 2.45) is 4.99 Å². The summed E-state index contributed by atoms with van der Waals surface area (Å²) in [6, 6.07) is 18.9. The smallest absolute Gasteiger partial charge is 0.266 e. The molecule has 1 aliphatic rings. The van der Waals surface area contributed by atoms with E-state index in [1.807, 2.05) is 52.0 Å². The standard InChI is InChI=1S/C22H24N2OS2/c1-15(2)23-22-24(16(3)4)21(25)20(27-22)14-17-10-12-19(13-11-17)26-18-8-6-5-7-9-18/h5-16H,1-4H3/b20-14+,23-22?. The SMILES string of the molecule is CC(C)N=C1S/C(=C/c2ccc(Sc3ccccc3)cc2)C(=O)N1C(C)C. The van der Waals surface area contributed by atoms with Crippen LogP contribution in [0.3, 0.4) is 0 Å². The molecule has 0 radical (unpaired) electrons. The highest BCUT2D eigenvalue weighted by Gasteiger charge is 2.35. The molecule has 1 saturated heterocycles. The second-order valence-corrected chi connectivity index (χ2v) is 9.03. The molecule has 0 aliphatic carbocycles. The van der Waals surface area contributed by atoms with Crippen molar-refractivity contribution in [1.82, 2.24) is 4.90 Å². The molecule has 3 rings (SSSR count). The van der Waals surface area contributed by atoms with Crippen LogP contribution in [0.4, 0.5) is 0 Å². The number of benzene rings is 2. The first-order chi connectivity index (χ1) is 12.9. The molecule has 27 heavy (non-hydrogen) atoms. The number of hydrogen-bond acceptors (Lipinski definition) is 4. The van der Waals surface area contributed by atoms with E-state index in [2.05, 4.69) is 41.4 Å². The van der Waals surface area contributed by atoms with Gasteiger partial charge in [0.2, 0.25) is 0 Å². The number of amides is 1. The maximum absolute atomic E-state index is 12.8. The van der Waals surface area contributed by atoms with Gasteiger partial charge in [0.1, 0.15) is 0 Å². The van der Waals surface area contributed by atoms with E-state index in [0.29, 0.717) is 0 Å². The molecule has 5 heteroatoms. The first-order valence-electron chi connectivity index (χ1n) is 9.08. The number of carbonyl (C=O) groups excluding carboxylic acids is 1. The van der Waals surface area contributed by atoms with Crippen LogP contribution in [0.2, 0.25) is 0 Å². The molecule has 1 amide bonds. The van der Waals surface area contributed by atoms with Crippen molar-refractivity contribution < 1.29 is 4.79 Å². The van der Waals surface area contributed by atoms with Crippen molar-refractivity contribution in [1.29, 1.82) is 0 Å². The lowest BCUT2D eigenvalue weighted by molar-refractivity contribution is -0.123. The Bertz CT molecular complexity index is 856. The molecule has 140 valence electrons. The summed E-state index contributed by atoms with van der Waals surface area (Å²) in [5.74, 6) is 0.0390. The predicted octanol–water partition coefficient (Wildman–Crippen LogP) is 5.93. The number of amidine groups is 1. The summed E-state index contributed by atoms with van der Waals surface area (Å²) in [4.78, 5) is 22.3. The van der Waals surface area contributed by atoms with Gasteiger partial charge in [-0.2, -0.15) is 0 Å². The van der Waals surface area contributed by atoms with E-state index in [4.69, 9.17) is 0 Å². The van der Waals surface area contributed by atoms with Gasteiger partial charge in [-0.3, -0.25) is 14.7 Å².